The minimum atomic E-state index is -0.230. The van der Waals surface area contributed by atoms with Crippen LogP contribution in [-0.2, 0) is 0 Å². The lowest BCUT2D eigenvalue weighted by atomic mass is 10.0. The second kappa shape index (κ2) is 4.67. The van der Waals surface area contributed by atoms with Crippen LogP contribution in [0.3, 0.4) is 0 Å². The van der Waals surface area contributed by atoms with Gasteiger partial charge in [0.2, 0.25) is 0 Å². The van der Waals surface area contributed by atoms with Crippen molar-refractivity contribution >= 4 is 17.4 Å². The molecule has 0 atom stereocenters. The molecule has 0 aliphatic rings. The number of hydrogen-bond acceptors (Lipinski definition) is 3. The highest BCUT2D eigenvalue weighted by Gasteiger charge is 2.05. The number of H-pyrrole nitrogens is 1. The second-order valence-corrected chi connectivity index (χ2v) is 4.70. The lowest BCUT2D eigenvalue weighted by Crippen LogP contribution is -2.13. The molecule has 2 aromatic rings. The van der Waals surface area contributed by atoms with E-state index in [1.54, 1.807) is 17.8 Å². The molecule has 1 aromatic carbocycles. The zero-order valence-corrected chi connectivity index (χ0v) is 10.6. The Kier molecular flexibility index (Phi) is 3.24. The van der Waals surface area contributed by atoms with E-state index in [0.717, 1.165) is 16.8 Å². The third kappa shape index (κ3) is 2.36. The van der Waals surface area contributed by atoms with E-state index in [4.69, 9.17) is 5.73 Å². The van der Waals surface area contributed by atoms with Gasteiger partial charge in [0, 0.05) is 16.2 Å². The molecule has 88 valence electrons. The van der Waals surface area contributed by atoms with Crippen LogP contribution in [0.25, 0.3) is 11.1 Å². The third-order valence-corrected chi connectivity index (χ3v) is 3.41. The zero-order valence-electron chi connectivity index (χ0n) is 9.78. The Balaban J connectivity index is 2.52. The highest BCUT2D eigenvalue weighted by atomic mass is 32.2. The van der Waals surface area contributed by atoms with Crippen LogP contribution in [0.1, 0.15) is 5.69 Å². The van der Waals surface area contributed by atoms with Crippen molar-refractivity contribution in [3.63, 3.8) is 0 Å². The van der Waals surface area contributed by atoms with Crippen molar-refractivity contribution in [3.05, 3.63) is 46.4 Å². The van der Waals surface area contributed by atoms with E-state index in [1.807, 2.05) is 25.3 Å². The Labute approximate surface area is 104 Å². The smallest absolute Gasteiger partial charge is 0.271 e. The Morgan fingerprint density at radius 3 is 2.47 bits per heavy atom. The minimum Gasteiger partial charge on any atom is -0.394 e. The molecule has 0 saturated carbocycles. The predicted octanol–water partition coefficient (Wildman–Crippen LogP) is 2.65. The van der Waals surface area contributed by atoms with Crippen LogP contribution in [-0.4, -0.2) is 11.2 Å². The molecule has 0 saturated heterocycles. The highest BCUT2D eigenvalue weighted by Crippen LogP contribution is 2.25. The summed E-state index contributed by atoms with van der Waals surface area (Å²) in [6, 6.07) is 9.90. The highest BCUT2D eigenvalue weighted by molar-refractivity contribution is 7.98. The fraction of sp³-hybridized carbons (Fsp3) is 0.154. The third-order valence-electron chi connectivity index (χ3n) is 2.67. The Morgan fingerprint density at radius 2 is 1.88 bits per heavy atom. The molecule has 1 heterocycles. The number of nitrogens with two attached hydrogens (primary N) is 1. The average Bonchev–Trinajstić information content (AvgIpc) is 2.34. The maximum Gasteiger partial charge on any atom is 0.271 e. The zero-order chi connectivity index (χ0) is 12.4. The Bertz CT molecular complexity index is 587. The van der Waals surface area contributed by atoms with E-state index in [2.05, 4.69) is 17.1 Å². The molecule has 0 radical (unpaired) electrons. The van der Waals surface area contributed by atoms with Crippen LogP contribution in [0, 0.1) is 6.92 Å². The normalized spacial score (nSPS) is 10.5. The van der Waals surface area contributed by atoms with Gasteiger partial charge in [-0.25, -0.2) is 0 Å². The van der Waals surface area contributed by atoms with Crippen LogP contribution in [0.15, 0.2) is 40.0 Å². The molecule has 3 N–H and O–H groups in total. The summed E-state index contributed by atoms with van der Waals surface area (Å²) < 4.78 is 0. The predicted molar refractivity (Wildman–Crippen MR) is 73.4 cm³/mol. The average molecular weight is 246 g/mol. The number of aromatic amines is 1. The molecule has 0 aliphatic heterocycles. The number of nitrogen functional groups attached to an aromatic ring is 1. The number of aromatic nitrogens is 1. The number of thioether (sulfide) groups is 1. The van der Waals surface area contributed by atoms with Crippen LogP contribution in [0.5, 0.6) is 0 Å². The van der Waals surface area contributed by atoms with Gasteiger partial charge >= 0.3 is 0 Å². The van der Waals surface area contributed by atoms with Gasteiger partial charge < -0.3 is 10.7 Å². The summed E-state index contributed by atoms with van der Waals surface area (Å²) >= 11 is 1.70. The summed E-state index contributed by atoms with van der Waals surface area (Å²) in [5.74, 6) is 0. The van der Waals surface area contributed by atoms with Gasteiger partial charge in [0.25, 0.3) is 5.56 Å². The molecule has 0 bridgehead atoms. The van der Waals surface area contributed by atoms with Crippen molar-refractivity contribution in [2.75, 3.05) is 12.0 Å². The monoisotopic (exact) mass is 246 g/mol. The molecular formula is C13H14N2OS. The van der Waals surface area contributed by atoms with Gasteiger partial charge in [0.1, 0.15) is 0 Å². The largest absolute Gasteiger partial charge is 0.394 e. The number of nitrogens with one attached hydrogen (secondary N) is 1. The lowest BCUT2D eigenvalue weighted by Gasteiger charge is -2.07. The number of hydrogen-bond donors (Lipinski definition) is 2. The maximum atomic E-state index is 11.3. The molecule has 3 nitrogen and oxygen atoms in total. The van der Waals surface area contributed by atoms with E-state index in [0.29, 0.717) is 0 Å². The van der Waals surface area contributed by atoms with E-state index >= 15 is 0 Å². The number of aryl methyl sites for hydroxylation is 1. The quantitative estimate of drug-likeness (QED) is 0.801. The molecule has 0 aliphatic carbocycles. The van der Waals surface area contributed by atoms with E-state index in [-0.39, 0.29) is 11.2 Å². The van der Waals surface area contributed by atoms with Crippen LogP contribution in [0.2, 0.25) is 0 Å². The van der Waals surface area contributed by atoms with Crippen molar-refractivity contribution < 1.29 is 0 Å². The first-order chi connectivity index (χ1) is 8.11. The number of pyridine rings is 1. The van der Waals surface area contributed by atoms with E-state index in [9.17, 15) is 4.79 Å². The molecule has 0 spiro atoms. The molecule has 4 heteroatoms. The maximum absolute atomic E-state index is 11.3. The van der Waals surface area contributed by atoms with Gasteiger partial charge in [-0.1, -0.05) is 12.1 Å². The van der Waals surface area contributed by atoms with Gasteiger partial charge in [0.15, 0.2) is 0 Å². The summed E-state index contributed by atoms with van der Waals surface area (Å²) in [6.07, 6.45) is 2.04. The summed E-state index contributed by atoms with van der Waals surface area (Å²) in [5, 5.41) is 0. The van der Waals surface area contributed by atoms with Gasteiger partial charge in [0.05, 0.1) is 5.69 Å². The summed E-state index contributed by atoms with van der Waals surface area (Å²) in [6.45, 7) is 1.87. The first kappa shape index (κ1) is 11.8. The van der Waals surface area contributed by atoms with Crippen LogP contribution in [0.4, 0.5) is 5.69 Å². The van der Waals surface area contributed by atoms with Crippen molar-refractivity contribution in [2.24, 2.45) is 0 Å². The van der Waals surface area contributed by atoms with Crippen molar-refractivity contribution in [3.8, 4) is 11.1 Å². The molecule has 1 aromatic heterocycles. The van der Waals surface area contributed by atoms with Crippen molar-refractivity contribution in [2.45, 2.75) is 11.8 Å². The fourth-order valence-electron chi connectivity index (χ4n) is 1.71. The molecule has 0 amide bonds. The Morgan fingerprint density at radius 1 is 1.24 bits per heavy atom. The number of rotatable bonds is 2. The van der Waals surface area contributed by atoms with Gasteiger partial charge in [-0.3, -0.25) is 4.79 Å². The SMILES string of the molecule is CSc1ccc(-c2cc(N)c(=O)[nH]c2C)cc1. The topological polar surface area (TPSA) is 58.9 Å². The second-order valence-electron chi connectivity index (χ2n) is 3.82. The van der Waals surface area contributed by atoms with E-state index in [1.165, 1.54) is 4.90 Å². The van der Waals surface area contributed by atoms with Crippen LogP contribution < -0.4 is 11.3 Å². The molecule has 0 fully saturated rings. The van der Waals surface area contributed by atoms with Crippen molar-refractivity contribution in [1.29, 1.82) is 0 Å². The molecule has 17 heavy (non-hydrogen) atoms. The first-order valence-corrected chi connectivity index (χ1v) is 6.48. The molecule has 0 unspecified atom stereocenters. The fourth-order valence-corrected chi connectivity index (χ4v) is 2.12. The summed E-state index contributed by atoms with van der Waals surface area (Å²) in [5.41, 5.74) is 8.52. The Hall–Kier alpha value is -1.68. The number of anilines is 1. The summed E-state index contributed by atoms with van der Waals surface area (Å²) in [4.78, 5) is 15.3. The number of benzene rings is 1. The summed E-state index contributed by atoms with van der Waals surface area (Å²) in [7, 11) is 0. The molecule has 2 rings (SSSR count). The first-order valence-electron chi connectivity index (χ1n) is 5.25. The van der Waals surface area contributed by atoms with E-state index < -0.39 is 0 Å². The molecular weight excluding hydrogens is 232 g/mol. The van der Waals surface area contributed by atoms with Gasteiger partial charge in [-0.2, -0.15) is 0 Å². The van der Waals surface area contributed by atoms with Gasteiger partial charge in [-0.15, -0.1) is 11.8 Å². The lowest BCUT2D eigenvalue weighted by molar-refractivity contribution is 1.15. The standard InChI is InChI=1S/C13H14N2OS/c1-8-11(7-12(14)13(16)15-8)9-3-5-10(17-2)6-4-9/h3-7H,14H2,1-2H3,(H,15,16). The van der Waals surface area contributed by atoms with Crippen molar-refractivity contribution in [1.82, 2.24) is 4.98 Å². The minimum absolute atomic E-state index is 0.230. The van der Waals surface area contributed by atoms with Crippen LogP contribution >= 0.6 is 11.8 Å². The van der Waals surface area contributed by atoms with Gasteiger partial charge in [-0.05, 0) is 36.9 Å².